The Hall–Kier alpha value is -0.770. The molecule has 1 amide bonds. The molecule has 1 heterocycles. The first-order valence-corrected chi connectivity index (χ1v) is 8.07. The fraction of sp³-hybridized carbons (Fsp3) is 0.667. The molecule has 0 radical (unpaired) electrons. The summed E-state index contributed by atoms with van der Waals surface area (Å²) in [6.07, 6.45) is 8.13. The number of rotatable bonds is 5. The number of carbonyl (C=O) groups is 1. The van der Waals surface area contributed by atoms with Gasteiger partial charge < -0.3 is 9.88 Å². The van der Waals surface area contributed by atoms with Crippen molar-refractivity contribution in [1.29, 1.82) is 0 Å². The molecule has 0 spiro atoms. The number of halogens is 1. The summed E-state index contributed by atoms with van der Waals surface area (Å²) in [4.78, 5) is 12.4. The zero-order chi connectivity index (χ0) is 13.8. The third kappa shape index (κ3) is 3.62. The first-order valence-electron chi connectivity index (χ1n) is 7.28. The van der Waals surface area contributed by atoms with Gasteiger partial charge in [0.25, 0.3) is 5.91 Å². The van der Waals surface area contributed by atoms with Gasteiger partial charge in [0.2, 0.25) is 0 Å². The monoisotopic (exact) mass is 326 g/mol. The number of nitrogens with zero attached hydrogens (tertiary/aromatic N) is 1. The minimum atomic E-state index is 0.0542. The summed E-state index contributed by atoms with van der Waals surface area (Å²) in [6, 6.07) is 2.19. The molecule has 0 saturated heterocycles. The van der Waals surface area contributed by atoms with E-state index in [0.29, 0.717) is 5.92 Å². The highest BCUT2D eigenvalue weighted by molar-refractivity contribution is 9.10. The molecule has 19 heavy (non-hydrogen) atoms. The van der Waals surface area contributed by atoms with Crippen LogP contribution in [0.1, 0.15) is 56.4 Å². The SMILES string of the molecule is CCCn1cc(Br)cc1C(=O)NC(C)C1CCCC1. The number of amides is 1. The van der Waals surface area contributed by atoms with Crippen molar-refractivity contribution in [2.75, 3.05) is 0 Å². The van der Waals surface area contributed by atoms with Crippen LogP contribution in [-0.4, -0.2) is 16.5 Å². The van der Waals surface area contributed by atoms with Crippen LogP contribution in [0.15, 0.2) is 16.7 Å². The van der Waals surface area contributed by atoms with Crippen molar-refractivity contribution in [1.82, 2.24) is 9.88 Å². The third-order valence-electron chi connectivity index (χ3n) is 4.03. The molecule has 1 aliphatic carbocycles. The quantitative estimate of drug-likeness (QED) is 0.872. The van der Waals surface area contributed by atoms with Gasteiger partial charge in [0.05, 0.1) is 0 Å². The van der Waals surface area contributed by atoms with Crippen molar-refractivity contribution in [3.05, 3.63) is 22.4 Å². The van der Waals surface area contributed by atoms with Crippen LogP contribution in [0.25, 0.3) is 0 Å². The number of hydrogen-bond acceptors (Lipinski definition) is 1. The first kappa shape index (κ1) is 14.6. The average molecular weight is 327 g/mol. The molecule has 1 atom stereocenters. The van der Waals surface area contributed by atoms with Crippen molar-refractivity contribution in [3.63, 3.8) is 0 Å². The number of nitrogens with one attached hydrogen (secondary N) is 1. The van der Waals surface area contributed by atoms with E-state index >= 15 is 0 Å². The number of hydrogen-bond donors (Lipinski definition) is 1. The van der Waals surface area contributed by atoms with Crippen LogP contribution in [0, 0.1) is 5.92 Å². The summed E-state index contributed by atoms with van der Waals surface area (Å²) in [6.45, 7) is 5.14. The lowest BCUT2D eigenvalue weighted by Gasteiger charge is -2.20. The second-order valence-corrected chi connectivity index (χ2v) is 6.46. The third-order valence-corrected chi connectivity index (χ3v) is 4.46. The van der Waals surface area contributed by atoms with Gasteiger partial charge in [-0.3, -0.25) is 4.79 Å². The summed E-state index contributed by atoms with van der Waals surface area (Å²) in [7, 11) is 0. The van der Waals surface area contributed by atoms with E-state index in [9.17, 15) is 4.79 Å². The van der Waals surface area contributed by atoms with Crippen molar-refractivity contribution in [2.45, 2.75) is 58.5 Å². The first-order chi connectivity index (χ1) is 9.11. The van der Waals surface area contributed by atoms with Crippen LogP contribution in [0.2, 0.25) is 0 Å². The summed E-state index contributed by atoms with van der Waals surface area (Å²) in [5.74, 6) is 0.709. The molecule has 3 nitrogen and oxygen atoms in total. The lowest BCUT2D eigenvalue weighted by molar-refractivity contribution is 0.0917. The Labute approximate surface area is 123 Å². The van der Waals surface area contributed by atoms with Crippen LogP contribution in [0.4, 0.5) is 0 Å². The molecule has 1 N–H and O–H groups in total. The maximum atomic E-state index is 12.4. The molecule has 106 valence electrons. The maximum Gasteiger partial charge on any atom is 0.268 e. The minimum absolute atomic E-state index is 0.0542. The predicted molar refractivity (Wildman–Crippen MR) is 81.3 cm³/mol. The second kappa shape index (κ2) is 6.60. The van der Waals surface area contributed by atoms with Crippen molar-refractivity contribution >= 4 is 21.8 Å². The highest BCUT2D eigenvalue weighted by Gasteiger charge is 2.24. The highest BCUT2D eigenvalue weighted by atomic mass is 79.9. The Bertz CT molecular complexity index is 435. The predicted octanol–water partition coefficient (Wildman–Crippen LogP) is 3.97. The molecule has 1 saturated carbocycles. The van der Waals surface area contributed by atoms with Crippen molar-refractivity contribution in [3.8, 4) is 0 Å². The van der Waals surface area contributed by atoms with Gasteiger partial charge in [-0.1, -0.05) is 19.8 Å². The minimum Gasteiger partial charge on any atom is -0.348 e. The van der Waals surface area contributed by atoms with Gasteiger partial charge in [-0.05, 0) is 54.1 Å². The van der Waals surface area contributed by atoms with E-state index in [1.807, 2.05) is 16.8 Å². The lowest BCUT2D eigenvalue weighted by Crippen LogP contribution is -2.38. The molecule has 0 aromatic carbocycles. The molecule has 4 heteroatoms. The molecular weight excluding hydrogens is 304 g/mol. The van der Waals surface area contributed by atoms with E-state index in [0.717, 1.165) is 23.1 Å². The Morgan fingerprint density at radius 2 is 2.21 bits per heavy atom. The van der Waals surface area contributed by atoms with Crippen molar-refractivity contribution in [2.24, 2.45) is 5.92 Å². The summed E-state index contributed by atoms with van der Waals surface area (Å²) >= 11 is 3.45. The molecule has 0 aliphatic heterocycles. The fourth-order valence-electron chi connectivity index (χ4n) is 2.95. The van der Waals surface area contributed by atoms with Gasteiger partial charge >= 0.3 is 0 Å². The molecule has 0 bridgehead atoms. The van der Waals surface area contributed by atoms with E-state index < -0.39 is 0 Å². The standard InChI is InChI=1S/C15H23BrN2O/c1-3-8-18-10-13(16)9-14(18)15(19)17-11(2)12-6-4-5-7-12/h9-12H,3-8H2,1-2H3,(H,17,19). The van der Waals surface area contributed by atoms with E-state index in [2.05, 4.69) is 35.1 Å². The van der Waals surface area contributed by atoms with Crippen LogP contribution in [0.5, 0.6) is 0 Å². The zero-order valence-electron chi connectivity index (χ0n) is 11.8. The maximum absolute atomic E-state index is 12.4. The Balaban J connectivity index is 2.02. The Morgan fingerprint density at radius 1 is 1.53 bits per heavy atom. The fourth-order valence-corrected chi connectivity index (χ4v) is 3.41. The molecule has 1 aliphatic rings. The van der Waals surface area contributed by atoms with E-state index in [1.54, 1.807) is 0 Å². The van der Waals surface area contributed by atoms with Gasteiger partial charge in [0.1, 0.15) is 5.69 Å². The van der Waals surface area contributed by atoms with Gasteiger partial charge in [0, 0.05) is 23.3 Å². The van der Waals surface area contributed by atoms with Gasteiger partial charge in [-0.15, -0.1) is 0 Å². The number of carbonyl (C=O) groups excluding carboxylic acids is 1. The highest BCUT2D eigenvalue weighted by Crippen LogP contribution is 2.27. The number of aryl methyl sites for hydroxylation is 1. The molecule has 1 aromatic rings. The molecule has 1 aromatic heterocycles. The average Bonchev–Trinajstić information content (AvgIpc) is 2.99. The molecule has 1 unspecified atom stereocenters. The van der Waals surface area contributed by atoms with Crippen LogP contribution >= 0.6 is 15.9 Å². The molecule has 2 rings (SSSR count). The van der Waals surface area contributed by atoms with E-state index in [4.69, 9.17) is 0 Å². The second-order valence-electron chi connectivity index (χ2n) is 5.54. The van der Waals surface area contributed by atoms with Gasteiger partial charge in [0.15, 0.2) is 0 Å². The smallest absolute Gasteiger partial charge is 0.268 e. The molecule has 1 fully saturated rings. The van der Waals surface area contributed by atoms with Gasteiger partial charge in [-0.2, -0.15) is 0 Å². The summed E-state index contributed by atoms with van der Waals surface area (Å²) < 4.78 is 3.00. The largest absolute Gasteiger partial charge is 0.348 e. The Morgan fingerprint density at radius 3 is 2.84 bits per heavy atom. The lowest BCUT2D eigenvalue weighted by atomic mass is 10.00. The van der Waals surface area contributed by atoms with Crippen LogP contribution < -0.4 is 5.32 Å². The summed E-state index contributed by atoms with van der Waals surface area (Å²) in [5, 5.41) is 3.17. The van der Waals surface area contributed by atoms with Crippen LogP contribution in [-0.2, 0) is 6.54 Å². The number of aromatic nitrogens is 1. The van der Waals surface area contributed by atoms with Crippen LogP contribution in [0.3, 0.4) is 0 Å². The van der Waals surface area contributed by atoms with Gasteiger partial charge in [-0.25, -0.2) is 0 Å². The van der Waals surface area contributed by atoms with E-state index in [-0.39, 0.29) is 11.9 Å². The topological polar surface area (TPSA) is 34.0 Å². The van der Waals surface area contributed by atoms with E-state index in [1.165, 1.54) is 25.7 Å². The summed E-state index contributed by atoms with van der Waals surface area (Å²) in [5.41, 5.74) is 0.763. The zero-order valence-corrected chi connectivity index (χ0v) is 13.4. The normalized spacial score (nSPS) is 17.6. The molecular formula is C15H23BrN2O. The van der Waals surface area contributed by atoms with Crippen molar-refractivity contribution < 1.29 is 4.79 Å². The Kier molecular flexibility index (Phi) is 5.08.